The van der Waals surface area contributed by atoms with Gasteiger partial charge in [-0.05, 0) is 31.0 Å². The monoisotopic (exact) mass is 562 g/mol. The summed E-state index contributed by atoms with van der Waals surface area (Å²) in [7, 11) is 0. The first kappa shape index (κ1) is 34.6. The largest absolute Gasteiger partial charge is 0.345 e. The van der Waals surface area contributed by atoms with Crippen molar-refractivity contribution in [2.24, 2.45) is 0 Å². The van der Waals surface area contributed by atoms with Gasteiger partial charge in [0.1, 0.15) is 0 Å². The Morgan fingerprint density at radius 3 is 1.54 bits per heavy atom. The van der Waals surface area contributed by atoms with Crippen LogP contribution in [-0.4, -0.2) is 11.8 Å². The lowest BCUT2D eigenvalue weighted by Crippen LogP contribution is -2.28. The van der Waals surface area contributed by atoms with Gasteiger partial charge in [0.2, 0.25) is 5.91 Å². The number of nitrogens with one attached hydrogen (secondary N) is 2. The number of amides is 2. The molecule has 0 saturated heterocycles. The topological polar surface area (TPSA) is 58.2 Å². The molecule has 0 heterocycles. The van der Waals surface area contributed by atoms with E-state index < -0.39 is 0 Å². The summed E-state index contributed by atoms with van der Waals surface area (Å²) in [6.07, 6.45) is 26.0. The lowest BCUT2D eigenvalue weighted by Gasteiger charge is -2.16. The Morgan fingerprint density at radius 2 is 1.02 bits per heavy atom. The Hall–Kier alpha value is -2.62. The van der Waals surface area contributed by atoms with Gasteiger partial charge in [0.25, 0.3) is 5.91 Å². The molecular weight excluding hydrogens is 504 g/mol. The molecule has 0 bridgehead atoms. The first-order chi connectivity index (χ1) is 20.1. The Kier molecular flexibility index (Phi) is 19.4. The van der Waals surface area contributed by atoms with Gasteiger partial charge in [-0.1, -0.05) is 165 Å². The minimum Gasteiger partial charge on any atom is -0.345 e. The predicted molar refractivity (Wildman–Crippen MR) is 175 cm³/mol. The van der Waals surface area contributed by atoms with E-state index in [9.17, 15) is 9.59 Å². The van der Waals surface area contributed by atoms with Crippen LogP contribution in [0, 0.1) is 0 Å². The summed E-state index contributed by atoms with van der Waals surface area (Å²) in [4.78, 5) is 25.5. The van der Waals surface area contributed by atoms with Crippen molar-refractivity contribution in [3.63, 3.8) is 0 Å². The maximum absolute atomic E-state index is 12.9. The summed E-state index contributed by atoms with van der Waals surface area (Å²) >= 11 is 0. The molecular formula is C37H58N2O2. The van der Waals surface area contributed by atoms with Gasteiger partial charge < -0.3 is 10.6 Å². The molecule has 41 heavy (non-hydrogen) atoms. The molecule has 0 saturated carbocycles. The minimum atomic E-state index is -0.180. The Balaban J connectivity index is 1.46. The van der Waals surface area contributed by atoms with Crippen LogP contribution in [0.5, 0.6) is 0 Å². The molecule has 0 spiro atoms. The molecule has 228 valence electrons. The van der Waals surface area contributed by atoms with Crippen LogP contribution in [0.3, 0.4) is 0 Å². The normalized spacial score (nSPS) is 11.8. The van der Waals surface area contributed by atoms with Gasteiger partial charge in [-0.2, -0.15) is 0 Å². The van der Waals surface area contributed by atoms with Crippen LogP contribution in [0.25, 0.3) is 0 Å². The third kappa shape index (κ3) is 16.4. The van der Waals surface area contributed by atoms with Crippen LogP contribution in [0.2, 0.25) is 0 Å². The fourth-order valence-electron chi connectivity index (χ4n) is 5.47. The van der Waals surface area contributed by atoms with E-state index in [0.29, 0.717) is 17.7 Å². The highest BCUT2D eigenvalue weighted by Gasteiger charge is 2.16. The molecule has 4 heteroatoms. The van der Waals surface area contributed by atoms with Crippen molar-refractivity contribution >= 4 is 17.5 Å². The number of rotatable bonds is 24. The Bertz CT molecular complexity index is 943. The van der Waals surface area contributed by atoms with Crippen LogP contribution >= 0.6 is 0 Å². The maximum Gasteiger partial charge on any atom is 0.253 e. The highest BCUT2D eigenvalue weighted by atomic mass is 16.2. The molecule has 0 aliphatic heterocycles. The molecule has 4 nitrogen and oxygen atoms in total. The van der Waals surface area contributed by atoms with Crippen LogP contribution in [-0.2, 0) is 4.79 Å². The fraction of sp³-hybridized carbons (Fsp3) is 0.622. The van der Waals surface area contributed by atoms with Crippen LogP contribution in [0.4, 0.5) is 5.69 Å². The Morgan fingerprint density at radius 1 is 0.585 bits per heavy atom. The first-order valence-electron chi connectivity index (χ1n) is 16.9. The van der Waals surface area contributed by atoms with Gasteiger partial charge in [0.15, 0.2) is 0 Å². The fourth-order valence-corrected chi connectivity index (χ4v) is 5.47. The van der Waals surface area contributed by atoms with E-state index in [4.69, 9.17) is 0 Å². The van der Waals surface area contributed by atoms with Crippen molar-refractivity contribution in [2.45, 2.75) is 148 Å². The molecule has 1 unspecified atom stereocenters. The number of unbranched alkanes of at least 4 members (excludes halogenated alkanes) is 18. The average molecular weight is 563 g/mol. The number of carbonyl (C=O) groups is 2. The first-order valence-corrected chi connectivity index (χ1v) is 16.9. The lowest BCUT2D eigenvalue weighted by molar-refractivity contribution is -0.116. The van der Waals surface area contributed by atoms with E-state index in [2.05, 4.69) is 17.6 Å². The van der Waals surface area contributed by atoms with Crippen molar-refractivity contribution in [3.05, 3.63) is 65.7 Å². The maximum atomic E-state index is 12.9. The molecule has 0 aliphatic carbocycles. The summed E-state index contributed by atoms with van der Waals surface area (Å²) in [5.41, 5.74) is 2.12. The molecule has 2 N–H and O–H groups in total. The molecule has 0 aliphatic rings. The number of para-hydroxylation sites is 1. The molecule has 2 aromatic carbocycles. The zero-order chi connectivity index (χ0) is 29.4. The SMILES string of the molecule is CCCCCCCCCCCCCCCCCCCCCC(=O)Nc1ccccc1C(=O)NC(C)c1ccccc1. The highest BCUT2D eigenvalue weighted by Crippen LogP contribution is 2.19. The second kappa shape index (κ2) is 23.0. The van der Waals surface area contributed by atoms with E-state index in [1.165, 1.54) is 109 Å². The van der Waals surface area contributed by atoms with Crippen molar-refractivity contribution in [1.29, 1.82) is 0 Å². The molecule has 2 rings (SSSR count). The van der Waals surface area contributed by atoms with Crippen molar-refractivity contribution in [2.75, 3.05) is 5.32 Å². The van der Waals surface area contributed by atoms with Gasteiger partial charge in [0.05, 0.1) is 17.3 Å². The van der Waals surface area contributed by atoms with Crippen LogP contribution < -0.4 is 10.6 Å². The Labute approximate surface area is 251 Å². The zero-order valence-electron chi connectivity index (χ0n) is 26.2. The molecule has 2 aromatic rings. The third-order valence-corrected chi connectivity index (χ3v) is 8.10. The van der Waals surface area contributed by atoms with E-state index in [1.807, 2.05) is 49.4 Å². The lowest BCUT2D eigenvalue weighted by atomic mass is 10.0. The second-order valence-corrected chi connectivity index (χ2v) is 11.8. The standard InChI is InChI=1S/C37H58N2O2/c1-3-4-5-6-7-8-9-10-11-12-13-14-15-16-17-18-19-20-24-31-36(40)39-35-30-26-25-29-34(35)37(41)38-32(2)33-27-22-21-23-28-33/h21-23,25-30,32H,3-20,24,31H2,1-2H3,(H,38,41)(H,39,40). The van der Waals surface area contributed by atoms with Crippen molar-refractivity contribution in [1.82, 2.24) is 5.32 Å². The van der Waals surface area contributed by atoms with Crippen LogP contribution in [0.1, 0.15) is 164 Å². The molecule has 0 aromatic heterocycles. The number of carbonyl (C=O) groups excluding carboxylic acids is 2. The molecule has 1 atom stereocenters. The third-order valence-electron chi connectivity index (χ3n) is 8.10. The summed E-state index contributed by atoms with van der Waals surface area (Å²) in [5, 5.41) is 6.01. The average Bonchev–Trinajstić information content (AvgIpc) is 2.99. The molecule has 0 radical (unpaired) electrons. The summed E-state index contributed by atoms with van der Waals surface area (Å²) in [6.45, 7) is 4.25. The molecule has 0 fully saturated rings. The minimum absolute atomic E-state index is 0.0201. The smallest absolute Gasteiger partial charge is 0.253 e. The zero-order valence-corrected chi connectivity index (χ0v) is 26.2. The second-order valence-electron chi connectivity index (χ2n) is 11.8. The summed E-state index contributed by atoms with van der Waals surface area (Å²) in [6, 6.07) is 17.0. The van der Waals surface area contributed by atoms with Crippen molar-refractivity contribution in [3.8, 4) is 0 Å². The summed E-state index contributed by atoms with van der Waals surface area (Å²) < 4.78 is 0. The predicted octanol–water partition coefficient (Wildman–Crippen LogP) is 10.9. The van der Waals surface area contributed by atoms with Gasteiger partial charge in [-0.25, -0.2) is 0 Å². The highest BCUT2D eigenvalue weighted by molar-refractivity contribution is 6.03. The van der Waals surface area contributed by atoms with E-state index in [0.717, 1.165) is 18.4 Å². The van der Waals surface area contributed by atoms with Gasteiger partial charge >= 0.3 is 0 Å². The van der Waals surface area contributed by atoms with E-state index in [-0.39, 0.29) is 17.9 Å². The molecule has 2 amide bonds. The van der Waals surface area contributed by atoms with Gasteiger partial charge in [0, 0.05) is 6.42 Å². The number of anilines is 1. The number of hydrogen-bond acceptors (Lipinski definition) is 2. The number of hydrogen-bond donors (Lipinski definition) is 2. The number of benzene rings is 2. The summed E-state index contributed by atoms with van der Waals surface area (Å²) in [5.74, 6) is -0.200. The van der Waals surface area contributed by atoms with E-state index >= 15 is 0 Å². The van der Waals surface area contributed by atoms with Gasteiger partial charge in [-0.15, -0.1) is 0 Å². The van der Waals surface area contributed by atoms with E-state index in [1.54, 1.807) is 12.1 Å². The van der Waals surface area contributed by atoms with Gasteiger partial charge in [-0.3, -0.25) is 9.59 Å². The van der Waals surface area contributed by atoms with Crippen LogP contribution in [0.15, 0.2) is 54.6 Å². The van der Waals surface area contributed by atoms with Crippen molar-refractivity contribution < 1.29 is 9.59 Å². The quantitative estimate of drug-likeness (QED) is 0.125.